The Hall–Kier alpha value is -1.01. The highest BCUT2D eigenvalue weighted by Crippen LogP contribution is 2.40. The summed E-state index contributed by atoms with van der Waals surface area (Å²) in [6.45, 7) is 1.98. The van der Waals surface area contributed by atoms with Crippen LogP contribution in [0.1, 0.15) is 5.56 Å². The van der Waals surface area contributed by atoms with Crippen molar-refractivity contribution in [1.29, 1.82) is 0 Å². The van der Waals surface area contributed by atoms with E-state index in [1.54, 1.807) is 4.90 Å². The van der Waals surface area contributed by atoms with Crippen LogP contribution in [-0.4, -0.2) is 36.5 Å². The van der Waals surface area contributed by atoms with E-state index in [9.17, 15) is 13.2 Å². The first-order valence-electron chi connectivity index (χ1n) is 5.73. The number of benzene rings is 1. The molecule has 3 rings (SSSR count). The molecule has 0 unspecified atom stereocenters. The van der Waals surface area contributed by atoms with Gasteiger partial charge >= 0.3 is 0 Å². The number of fused-ring (bicyclic) bond motifs is 1. The lowest BCUT2D eigenvalue weighted by Gasteiger charge is -2.22. The minimum absolute atomic E-state index is 0.0382. The van der Waals surface area contributed by atoms with E-state index in [4.69, 9.17) is 0 Å². The number of hydrogen-bond acceptors (Lipinski definition) is 4. The molecule has 0 aliphatic carbocycles. The van der Waals surface area contributed by atoms with E-state index in [0.717, 1.165) is 23.0 Å². The predicted molar refractivity (Wildman–Crippen MR) is 72.9 cm³/mol. The summed E-state index contributed by atoms with van der Waals surface area (Å²) in [5.74, 6) is 0.209. The molecule has 2 aliphatic rings. The van der Waals surface area contributed by atoms with Crippen molar-refractivity contribution < 1.29 is 13.2 Å². The maximum atomic E-state index is 12.0. The minimum atomic E-state index is -2.99. The summed E-state index contributed by atoms with van der Waals surface area (Å²) in [6, 6.07) is 7.42. The number of aryl methyl sites for hydroxylation is 1. The van der Waals surface area contributed by atoms with Gasteiger partial charge in [-0.1, -0.05) is 29.5 Å². The Morgan fingerprint density at radius 3 is 2.56 bits per heavy atom. The first-order valence-corrected chi connectivity index (χ1v) is 8.43. The summed E-state index contributed by atoms with van der Waals surface area (Å²) < 4.78 is 23.3. The molecular formula is C12H13NO3S2. The number of amides is 1. The van der Waals surface area contributed by atoms with Crippen LogP contribution in [0.4, 0.5) is 10.5 Å². The maximum absolute atomic E-state index is 12.0. The molecule has 0 radical (unpaired) electrons. The second-order valence-corrected chi connectivity index (χ2v) is 8.12. The molecule has 0 spiro atoms. The zero-order chi connectivity index (χ0) is 12.9. The first-order chi connectivity index (χ1) is 8.46. The predicted octanol–water partition coefficient (Wildman–Crippen LogP) is 1.83. The number of anilines is 1. The normalized spacial score (nSPS) is 29.6. The standard InChI is InChI=1S/C12H13NO3S2/c1-8-2-4-9(5-3-8)13-10-6-18(15,16)7-11(10)17-12(13)14/h2-5,10-11H,6-7H2,1H3/t10-,11-/m0/s1. The van der Waals surface area contributed by atoms with E-state index in [2.05, 4.69) is 0 Å². The average Bonchev–Trinajstić information content (AvgIpc) is 2.70. The minimum Gasteiger partial charge on any atom is -0.298 e. The van der Waals surface area contributed by atoms with Crippen LogP contribution in [0.3, 0.4) is 0 Å². The fraction of sp³-hybridized carbons (Fsp3) is 0.417. The van der Waals surface area contributed by atoms with E-state index in [1.165, 1.54) is 0 Å². The topological polar surface area (TPSA) is 54.5 Å². The Kier molecular flexibility index (Phi) is 2.67. The van der Waals surface area contributed by atoms with Crippen molar-refractivity contribution in [2.45, 2.75) is 18.2 Å². The van der Waals surface area contributed by atoms with Crippen LogP contribution >= 0.6 is 11.8 Å². The molecule has 0 N–H and O–H groups in total. The van der Waals surface area contributed by atoms with Gasteiger partial charge in [0.2, 0.25) is 0 Å². The molecule has 1 aromatic rings. The molecule has 2 saturated heterocycles. The molecule has 1 aromatic carbocycles. The lowest BCUT2D eigenvalue weighted by Crippen LogP contribution is -2.36. The number of carbonyl (C=O) groups excluding carboxylic acids is 1. The van der Waals surface area contributed by atoms with Crippen molar-refractivity contribution in [3.8, 4) is 0 Å². The van der Waals surface area contributed by atoms with Crippen LogP contribution < -0.4 is 4.90 Å². The number of carbonyl (C=O) groups is 1. The Morgan fingerprint density at radius 2 is 1.89 bits per heavy atom. The Labute approximate surface area is 110 Å². The molecule has 6 heteroatoms. The third-order valence-electron chi connectivity index (χ3n) is 3.36. The largest absolute Gasteiger partial charge is 0.298 e. The van der Waals surface area contributed by atoms with Gasteiger partial charge in [-0.2, -0.15) is 0 Å². The van der Waals surface area contributed by atoms with Gasteiger partial charge in [-0.25, -0.2) is 8.42 Å². The molecule has 0 saturated carbocycles. The molecular weight excluding hydrogens is 270 g/mol. The third kappa shape index (κ3) is 1.93. The van der Waals surface area contributed by atoms with Gasteiger partial charge in [0, 0.05) is 5.69 Å². The van der Waals surface area contributed by atoms with E-state index < -0.39 is 9.84 Å². The lowest BCUT2D eigenvalue weighted by atomic mass is 10.1. The van der Waals surface area contributed by atoms with Gasteiger partial charge in [0.1, 0.15) is 0 Å². The smallest absolute Gasteiger partial charge is 0.286 e. The third-order valence-corrected chi connectivity index (χ3v) is 6.47. The van der Waals surface area contributed by atoms with Crippen LogP contribution in [0.25, 0.3) is 0 Å². The Bertz CT molecular complexity index is 594. The summed E-state index contributed by atoms with van der Waals surface area (Å²) in [5.41, 5.74) is 1.91. The SMILES string of the molecule is Cc1ccc(N2C(=O)S[C@H]3CS(=O)(=O)C[C@@H]32)cc1. The number of hydrogen-bond donors (Lipinski definition) is 0. The summed E-state index contributed by atoms with van der Waals surface area (Å²) >= 11 is 1.15. The van der Waals surface area contributed by atoms with Crippen LogP contribution in [0.5, 0.6) is 0 Å². The van der Waals surface area contributed by atoms with Crippen LogP contribution in [-0.2, 0) is 9.84 Å². The van der Waals surface area contributed by atoms with E-state index >= 15 is 0 Å². The molecule has 0 bridgehead atoms. The van der Waals surface area contributed by atoms with Crippen molar-refractivity contribution in [3.05, 3.63) is 29.8 Å². The molecule has 0 aromatic heterocycles. The number of nitrogens with zero attached hydrogens (tertiary/aromatic N) is 1. The van der Waals surface area contributed by atoms with E-state index in [0.29, 0.717) is 0 Å². The monoisotopic (exact) mass is 283 g/mol. The molecule has 2 heterocycles. The van der Waals surface area contributed by atoms with Gasteiger partial charge in [-0.3, -0.25) is 9.69 Å². The summed E-state index contributed by atoms with van der Waals surface area (Å²) in [6.07, 6.45) is 0. The van der Waals surface area contributed by atoms with Crippen molar-refractivity contribution >= 4 is 32.5 Å². The van der Waals surface area contributed by atoms with Gasteiger partial charge in [0.15, 0.2) is 9.84 Å². The average molecular weight is 283 g/mol. The molecule has 18 heavy (non-hydrogen) atoms. The van der Waals surface area contributed by atoms with Crippen LogP contribution in [0, 0.1) is 6.92 Å². The lowest BCUT2D eigenvalue weighted by molar-refractivity contribution is 0.265. The maximum Gasteiger partial charge on any atom is 0.286 e. The van der Waals surface area contributed by atoms with Crippen molar-refractivity contribution in [1.82, 2.24) is 0 Å². The fourth-order valence-corrected chi connectivity index (χ4v) is 6.24. The fourth-order valence-electron chi connectivity index (χ4n) is 2.47. The highest BCUT2D eigenvalue weighted by molar-refractivity contribution is 8.15. The summed E-state index contributed by atoms with van der Waals surface area (Å²) in [7, 11) is -2.99. The second kappa shape index (κ2) is 3.99. The quantitative estimate of drug-likeness (QED) is 0.789. The van der Waals surface area contributed by atoms with E-state index in [-0.39, 0.29) is 28.0 Å². The van der Waals surface area contributed by atoms with Gasteiger partial charge < -0.3 is 0 Å². The second-order valence-electron chi connectivity index (χ2n) is 4.77. The molecule has 2 atom stereocenters. The number of rotatable bonds is 1. The zero-order valence-electron chi connectivity index (χ0n) is 9.87. The van der Waals surface area contributed by atoms with Crippen LogP contribution in [0.15, 0.2) is 24.3 Å². The van der Waals surface area contributed by atoms with E-state index in [1.807, 2.05) is 31.2 Å². The number of thioether (sulfide) groups is 1. The summed E-state index contributed by atoms with van der Waals surface area (Å²) in [5, 5.41) is -0.146. The Morgan fingerprint density at radius 1 is 1.22 bits per heavy atom. The highest BCUT2D eigenvalue weighted by Gasteiger charge is 2.50. The van der Waals surface area contributed by atoms with Crippen molar-refractivity contribution in [2.24, 2.45) is 0 Å². The number of sulfone groups is 1. The van der Waals surface area contributed by atoms with Crippen LogP contribution in [0.2, 0.25) is 0 Å². The molecule has 2 aliphatic heterocycles. The molecule has 2 fully saturated rings. The zero-order valence-corrected chi connectivity index (χ0v) is 11.5. The van der Waals surface area contributed by atoms with Gasteiger partial charge in [0.25, 0.3) is 5.24 Å². The van der Waals surface area contributed by atoms with Gasteiger partial charge in [-0.15, -0.1) is 0 Å². The van der Waals surface area contributed by atoms with Gasteiger partial charge in [-0.05, 0) is 19.1 Å². The van der Waals surface area contributed by atoms with Crippen molar-refractivity contribution in [2.75, 3.05) is 16.4 Å². The van der Waals surface area contributed by atoms with Gasteiger partial charge in [0.05, 0.1) is 22.8 Å². The van der Waals surface area contributed by atoms with Crippen molar-refractivity contribution in [3.63, 3.8) is 0 Å². The summed E-state index contributed by atoms with van der Waals surface area (Å²) in [4.78, 5) is 13.6. The molecule has 96 valence electrons. The highest BCUT2D eigenvalue weighted by atomic mass is 32.2. The molecule has 1 amide bonds. The molecule has 4 nitrogen and oxygen atoms in total. The Balaban J connectivity index is 1.96. The first kappa shape index (κ1) is 12.0.